The van der Waals surface area contributed by atoms with E-state index in [2.05, 4.69) is 13.8 Å². The molecule has 0 spiro atoms. The minimum absolute atomic E-state index is 0.0991. The van der Waals surface area contributed by atoms with Crippen LogP contribution in [0.4, 0.5) is 0 Å². The fourth-order valence-electron chi connectivity index (χ4n) is 3.68. The number of hydrogen-bond acceptors (Lipinski definition) is 1. The summed E-state index contributed by atoms with van der Waals surface area (Å²) in [5.74, 6) is 2.70. The van der Waals surface area contributed by atoms with Gasteiger partial charge in [0, 0.05) is 0 Å². The van der Waals surface area contributed by atoms with Gasteiger partial charge in [-0.25, -0.2) is 0 Å². The van der Waals surface area contributed by atoms with Crippen molar-refractivity contribution in [1.29, 1.82) is 0 Å². The normalized spacial score (nSPS) is 43.8. The molecule has 0 saturated heterocycles. The van der Waals surface area contributed by atoms with Crippen LogP contribution < -0.4 is 0 Å². The van der Waals surface area contributed by atoms with Gasteiger partial charge in [-0.3, -0.25) is 0 Å². The Hall–Kier alpha value is -0.0400. The highest BCUT2D eigenvalue weighted by Gasteiger charge is 2.53. The standard InChI is InChI=1S/C12H22O/c1-8(13)6-9-4-5-10-7-11(9)12(10,2)3/h8-11,13H,4-7H2,1-3H3/t8-,9?,10?,11?/m1/s1. The van der Waals surface area contributed by atoms with Crippen LogP contribution in [0, 0.1) is 23.2 Å². The van der Waals surface area contributed by atoms with E-state index in [9.17, 15) is 5.11 Å². The Morgan fingerprint density at radius 1 is 1.38 bits per heavy atom. The highest BCUT2D eigenvalue weighted by Crippen LogP contribution is 2.62. The van der Waals surface area contributed by atoms with Crippen molar-refractivity contribution in [3.8, 4) is 0 Å². The van der Waals surface area contributed by atoms with Gasteiger partial charge in [-0.1, -0.05) is 13.8 Å². The summed E-state index contributed by atoms with van der Waals surface area (Å²) in [4.78, 5) is 0. The summed E-state index contributed by atoms with van der Waals surface area (Å²) in [7, 11) is 0. The predicted octanol–water partition coefficient (Wildman–Crippen LogP) is 2.83. The van der Waals surface area contributed by atoms with E-state index in [0.717, 1.165) is 24.2 Å². The maximum Gasteiger partial charge on any atom is 0.0514 e. The van der Waals surface area contributed by atoms with E-state index in [0.29, 0.717) is 5.41 Å². The van der Waals surface area contributed by atoms with Crippen LogP contribution in [-0.2, 0) is 0 Å². The first-order chi connectivity index (χ1) is 6.01. The number of rotatable bonds is 2. The summed E-state index contributed by atoms with van der Waals surface area (Å²) >= 11 is 0. The molecule has 1 N–H and O–H groups in total. The third-order valence-electron chi connectivity index (χ3n) is 4.65. The van der Waals surface area contributed by atoms with Crippen LogP contribution >= 0.6 is 0 Å². The van der Waals surface area contributed by atoms with Gasteiger partial charge >= 0.3 is 0 Å². The zero-order valence-electron chi connectivity index (χ0n) is 9.09. The zero-order valence-corrected chi connectivity index (χ0v) is 9.09. The molecule has 3 fully saturated rings. The molecule has 3 aliphatic rings. The van der Waals surface area contributed by atoms with Crippen molar-refractivity contribution in [2.24, 2.45) is 23.2 Å². The summed E-state index contributed by atoms with van der Waals surface area (Å²) in [6.07, 6.45) is 5.13. The molecule has 0 aromatic heterocycles. The average Bonchev–Trinajstić information content (AvgIpc) is 2.03. The lowest BCUT2D eigenvalue weighted by Crippen LogP contribution is -2.52. The van der Waals surface area contributed by atoms with Gasteiger partial charge in [0.05, 0.1) is 6.10 Å². The van der Waals surface area contributed by atoms with E-state index < -0.39 is 0 Å². The molecule has 1 heteroatoms. The Bertz CT molecular complexity index is 193. The molecule has 0 heterocycles. The molecule has 1 nitrogen and oxygen atoms in total. The van der Waals surface area contributed by atoms with Gasteiger partial charge < -0.3 is 5.11 Å². The summed E-state index contributed by atoms with van der Waals surface area (Å²) in [5, 5.41) is 9.41. The van der Waals surface area contributed by atoms with Crippen molar-refractivity contribution in [2.45, 2.75) is 52.6 Å². The van der Waals surface area contributed by atoms with Gasteiger partial charge in [-0.05, 0) is 55.8 Å². The molecular weight excluding hydrogens is 160 g/mol. The zero-order chi connectivity index (χ0) is 9.64. The van der Waals surface area contributed by atoms with Crippen LogP contribution in [0.25, 0.3) is 0 Å². The van der Waals surface area contributed by atoms with Gasteiger partial charge in [0.1, 0.15) is 0 Å². The average molecular weight is 182 g/mol. The van der Waals surface area contributed by atoms with Crippen LogP contribution in [0.15, 0.2) is 0 Å². The van der Waals surface area contributed by atoms with Crippen molar-refractivity contribution in [3.63, 3.8) is 0 Å². The van der Waals surface area contributed by atoms with Gasteiger partial charge in [0.25, 0.3) is 0 Å². The van der Waals surface area contributed by atoms with E-state index in [4.69, 9.17) is 0 Å². The fourth-order valence-corrected chi connectivity index (χ4v) is 3.68. The van der Waals surface area contributed by atoms with Gasteiger partial charge in [0.15, 0.2) is 0 Å². The maximum absolute atomic E-state index is 9.41. The van der Waals surface area contributed by atoms with E-state index in [1.54, 1.807) is 0 Å². The molecule has 4 atom stereocenters. The second-order valence-electron chi connectivity index (χ2n) is 5.78. The molecule has 3 saturated carbocycles. The van der Waals surface area contributed by atoms with Gasteiger partial charge in [-0.15, -0.1) is 0 Å². The van der Waals surface area contributed by atoms with E-state index >= 15 is 0 Å². The first-order valence-corrected chi connectivity index (χ1v) is 5.70. The molecule has 3 unspecified atom stereocenters. The van der Waals surface area contributed by atoms with E-state index in [1.165, 1.54) is 19.3 Å². The topological polar surface area (TPSA) is 20.2 Å². The van der Waals surface area contributed by atoms with Crippen LogP contribution in [0.3, 0.4) is 0 Å². The summed E-state index contributed by atoms with van der Waals surface area (Å²) in [6, 6.07) is 0. The minimum atomic E-state index is -0.0991. The molecule has 2 bridgehead atoms. The van der Waals surface area contributed by atoms with Crippen molar-refractivity contribution < 1.29 is 5.11 Å². The number of fused-ring (bicyclic) bond motifs is 2. The highest BCUT2D eigenvalue weighted by molar-refractivity contribution is 5.03. The van der Waals surface area contributed by atoms with Crippen LogP contribution in [0.1, 0.15) is 46.5 Å². The monoisotopic (exact) mass is 182 g/mol. The van der Waals surface area contributed by atoms with Crippen LogP contribution in [0.5, 0.6) is 0 Å². The Morgan fingerprint density at radius 2 is 2.08 bits per heavy atom. The second kappa shape index (κ2) is 2.98. The largest absolute Gasteiger partial charge is 0.393 e. The Morgan fingerprint density at radius 3 is 2.54 bits per heavy atom. The molecule has 0 aromatic carbocycles. The molecule has 3 aliphatic carbocycles. The lowest BCUT2D eigenvalue weighted by atomic mass is 9.45. The minimum Gasteiger partial charge on any atom is -0.393 e. The first kappa shape index (κ1) is 9.51. The molecule has 13 heavy (non-hydrogen) atoms. The summed E-state index contributed by atoms with van der Waals surface area (Å²) < 4.78 is 0. The third-order valence-corrected chi connectivity index (χ3v) is 4.65. The Balaban J connectivity index is 1.99. The predicted molar refractivity (Wildman–Crippen MR) is 54.4 cm³/mol. The summed E-state index contributed by atoms with van der Waals surface area (Å²) in [6.45, 7) is 6.76. The van der Waals surface area contributed by atoms with Crippen molar-refractivity contribution in [1.82, 2.24) is 0 Å². The first-order valence-electron chi connectivity index (χ1n) is 5.70. The number of aliphatic hydroxyl groups excluding tert-OH is 1. The van der Waals surface area contributed by atoms with Crippen molar-refractivity contribution in [3.05, 3.63) is 0 Å². The smallest absolute Gasteiger partial charge is 0.0514 e. The maximum atomic E-state index is 9.41. The molecule has 0 radical (unpaired) electrons. The van der Waals surface area contributed by atoms with Crippen LogP contribution in [-0.4, -0.2) is 11.2 Å². The van der Waals surface area contributed by atoms with Gasteiger partial charge in [0.2, 0.25) is 0 Å². The molecule has 0 aromatic rings. The molecule has 0 amide bonds. The second-order valence-corrected chi connectivity index (χ2v) is 5.78. The fraction of sp³-hybridized carbons (Fsp3) is 1.00. The Labute approximate surface area is 81.5 Å². The molecular formula is C12H22O. The Kier molecular flexibility index (Phi) is 2.18. The molecule has 0 aliphatic heterocycles. The lowest BCUT2D eigenvalue weighted by molar-refractivity contribution is -0.113. The van der Waals surface area contributed by atoms with Crippen molar-refractivity contribution >= 4 is 0 Å². The lowest BCUT2D eigenvalue weighted by Gasteiger charge is -2.60. The number of hydrogen-bond donors (Lipinski definition) is 1. The highest BCUT2D eigenvalue weighted by atomic mass is 16.3. The van der Waals surface area contributed by atoms with Crippen molar-refractivity contribution in [2.75, 3.05) is 0 Å². The summed E-state index contributed by atoms with van der Waals surface area (Å²) in [5.41, 5.74) is 0.581. The third kappa shape index (κ3) is 1.41. The van der Waals surface area contributed by atoms with Crippen LogP contribution in [0.2, 0.25) is 0 Å². The SMILES string of the molecule is C[C@@H](O)CC1CCC2CC1C2(C)C. The van der Waals surface area contributed by atoms with Gasteiger partial charge in [-0.2, -0.15) is 0 Å². The van der Waals surface area contributed by atoms with E-state index in [1.807, 2.05) is 6.92 Å². The van der Waals surface area contributed by atoms with E-state index in [-0.39, 0.29) is 6.10 Å². The molecule has 76 valence electrons. The quantitative estimate of drug-likeness (QED) is 0.696. The molecule has 3 rings (SSSR count). The number of aliphatic hydroxyl groups is 1.